The average molecular weight is 372 g/mol. The Balaban J connectivity index is 1.91. The molecular weight excluding hydrogens is 348 g/mol. The van der Waals surface area contributed by atoms with Crippen LogP contribution in [0.15, 0.2) is 54.6 Å². The molecule has 0 atom stereocenters. The van der Waals surface area contributed by atoms with Crippen LogP contribution in [-0.4, -0.2) is 33.2 Å². The van der Waals surface area contributed by atoms with Gasteiger partial charge in [0.2, 0.25) is 10.0 Å². The Hall–Kier alpha value is -2.34. The lowest BCUT2D eigenvalue weighted by atomic mass is 10.1. The van der Waals surface area contributed by atoms with Crippen LogP contribution in [0.25, 0.3) is 0 Å². The molecule has 1 aliphatic rings. The van der Waals surface area contributed by atoms with Gasteiger partial charge in [-0.05, 0) is 43.2 Å². The van der Waals surface area contributed by atoms with Crippen LogP contribution in [0.1, 0.15) is 36.5 Å². The van der Waals surface area contributed by atoms with Crippen molar-refractivity contribution in [3.63, 3.8) is 0 Å². The number of carbonyl (C=O) groups is 1. The molecule has 5 nitrogen and oxygen atoms in total. The SMILES string of the molecule is CCCCN(C(=O)c1cccc(N2CCCS2(=O)=O)c1)c1ccccc1. The number of amides is 1. The first-order chi connectivity index (χ1) is 12.5. The highest BCUT2D eigenvalue weighted by Gasteiger charge is 2.29. The van der Waals surface area contributed by atoms with E-state index in [0.717, 1.165) is 18.5 Å². The van der Waals surface area contributed by atoms with Crippen molar-refractivity contribution in [2.24, 2.45) is 0 Å². The number of para-hydroxylation sites is 1. The number of nitrogens with zero attached hydrogens (tertiary/aromatic N) is 2. The second-order valence-corrected chi connectivity index (χ2v) is 8.45. The molecule has 1 aliphatic heterocycles. The van der Waals surface area contributed by atoms with Crippen molar-refractivity contribution in [3.05, 3.63) is 60.2 Å². The van der Waals surface area contributed by atoms with Crippen LogP contribution in [0, 0.1) is 0 Å². The summed E-state index contributed by atoms with van der Waals surface area (Å²) in [7, 11) is -3.26. The summed E-state index contributed by atoms with van der Waals surface area (Å²) in [6, 6.07) is 16.5. The first-order valence-corrected chi connectivity index (χ1v) is 10.6. The summed E-state index contributed by atoms with van der Waals surface area (Å²) in [5.74, 6) is 0.0563. The third-order valence-electron chi connectivity index (χ3n) is 4.53. The third-order valence-corrected chi connectivity index (χ3v) is 6.40. The van der Waals surface area contributed by atoms with Gasteiger partial charge in [0.15, 0.2) is 0 Å². The Morgan fingerprint density at radius 1 is 1.12 bits per heavy atom. The third kappa shape index (κ3) is 3.90. The molecule has 0 N–H and O–H groups in total. The summed E-state index contributed by atoms with van der Waals surface area (Å²) in [5, 5.41) is 0. The van der Waals surface area contributed by atoms with E-state index in [1.807, 2.05) is 30.3 Å². The molecule has 1 saturated heterocycles. The molecule has 138 valence electrons. The maximum Gasteiger partial charge on any atom is 0.258 e. The highest BCUT2D eigenvalue weighted by molar-refractivity contribution is 7.93. The Morgan fingerprint density at radius 3 is 2.54 bits per heavy atom. The van der Waals surface area contributed by atoms with Gasteiger partial charge in [-0.3, -0.25) is 9.10 Å². The maximum atomic E-state index is 13.1. The van der Waals surface area contributed by atoms with Gasteiger partial charge in [0.1, 0.15) is 0 Å². The van der Waals surface area contributed by atoms with E-state index in [1.165, 1.54) is 4.31 Å². The topological polar surface area (TPSA) is 57.7 Å². The lowest BCUT2D eigenvalue weighted by molar-refractivity contribution is 0.0986. The van der Waals surface area contributed by atoms with E-state index in [1.54, 1.807) is 29.2 Å². The highest BCUT2D eigenvalue weighted by Crippen LogP contribution is 2.26. The fraction of sp³-hybridized carbons (Fsp3) is 0.350. The molecule has 0 saturated carbocycles. The smallest absolute Gasteiger partial charge is 0.258 e. The Labute approximate surface area is 155 Å². The summed E-state index contributed by atoms with van der Waals surface area (Å²) in [6.45, 7) is 3.19. The minimum absolute atomic E-state index is 0.108. The van der Waals surface area contributed by atoms with Gasteiger partial charge in [-0.25, -0.2) is 8.42 Å². The van der Waals surface area contributed by atoms with Crippen LogP contribution in [0.5, 0.6) is 0 Å². The van der Waals surface area contributed by atoms with Crippen LogP contribution in [-0.2, 0) is 10.0 Å². The molecular formula is C20H24N2O3S. The molecule has 0 aromatic heterocycles. The van der Waals surface area contributed by atoms with Gasteiger partial charge in [-0.15, -0.1) is 0 Å². The monoisotopic (exact) mass is 372 g/mol. The molecule has 6 heteroatoms. The Kier molecular flexibility index (Phi) is 5.61. The van der Waals surface area contributed by atoms with Gasteiger partial charge < -0.3 is 4.90 Å². The van der Waals surface area contributed by atoms with Crippen molar-refractivity contribution in [2.45, 2.75) is 26.2 Å². The van der Waals surface area contributed by atoms with Crippen molar-refractivity contribution in [1.82, 2.24) is 0 Å². The van der Waals surface area contributed by atoms with Crippen molar-refractivity contribution in [1.29, 1.82) is 0 Å². The predicted octanol–water partition coefficient (Wildman–Crippen LogP) is 3.67. The number of carbonyl (C=O) groups excluding carboxylic acids is 1. The van der Waals surface area contributed by atoms with Crippen LogP contribution in [0.2, 0.25) is 0 Å². The lowest BCUT2D eigenvalue weighted by Gasteiger charge is -2.24. The van der Waals surface area contributed by atoms with E-state index in [0.29, 0.717) is 30.8 Å². The Bertz CT molecular complexity index is 866. The Morgan fingerprint density at radius 2 is 1.88 bits per heavy atom. The molecule has 0 radical (unpaired) electrons. The first-order valence-electron chi connectivity index (χ1n) is 9.00. The molecule has 0 unspecified atom stereocenters. The minimum atomic E-state index is -3.26. The number of hydrogen-bond donors (Lipinski definition) is 0. The number of sulfonamides is 1. The van der Waals surface area contributed by atoms with Crippen LogP contribution < -0.4 is 9.21 Å². The molecule has 0 bridgehead atoms. The molecule has 1 amide bonds. The number of hydrogen-bond acceptors (Lipinski definition) is 3. The zero-order chi connectivity index (χ0) is 18.6. The first kappa shape index (κ1) is 18.5. The zero-order valence-corrected chi connectivity index (χ0v) is 15.8. The number of rotatable bonds is 6. The second kappa shape index (κ2) is 7.91. The standard InChI is InChI=1S/C20H24N2O3S/c1-2-3-13-21(18-10-5-4-6-11-18)20(23)17-9-7-12-19(16-17)22-14-8-15-26(22,24)25/h4-7,9-12,16H,2-3,8,13-15H2,1H3. The van der Waals surface area contributed by atoms with Crippen molar-refractivity contribution < 1.29 is 13.2 Å². The van der Waals surface area contributed by atoms with Gasteiger partial charge in [0.25, 0.3) is 5.91 Å². The fourth-order valence-electron chi connectivity index (χ4n) is 3.15. The summed E-state index contributed by atoms with van der Waals surface area (Å²) < 4.78 is 25.7. The van der Waals surface area contributed by atoms with E-state index < -0.39 is 10.0 Å². The molecule has 2 aromatic rings. The molecule has 0 spiro atoms. The summed E-state index contributed by atoms with van der Waals surface area (Å²) in [6.07, 6.45) is 2.51. The highest BCUT2D eigenvalue weighted by atomic mass is 32.2. The van der Waals surface area contributed by atoms with Gasteiger partial charge in [-0.1, -0.05) is 37.6 Å². The van der Waals surface area contributed by atoms with E-state index in [9.17, 15) is 13.2 Å². The summed E-state index contributed by atoms with van der Waals surface area (Å²) >= 11 is 0. The average Bonchev–Trinajstić information content (AvgIpc) is 3.02. The summed E-state index contributed by atoms with van der Waals surface area (Å²) in [5.41, 5.74) is 1.92. The van der Waals surface area contributed by atoms with E-state index in [2.05, 4.69) is 6.92 Å². The molecule has 1 heterocycles. The van der Waals surface area contributed by atoms with E-state index >= 15 is 0 Å². The zero-order valence-electron chi connectivity index (χ0n) is 15.0. The summed E-state index contributed by atoms with van der Waals surface area (Å²) in [4.78, 5) is 14.9. The number of unbranched alkanes of at least 4 members (excludes halogenated alkanes) is 1. The van der Waals surface area contributed by atoms with Gasteiger partial charge in [-0.2, -0.15) is 0 Å². The largest absolute Gasteiger partial charge is 0.308 e. The molecule has 1 fully saturated rings. The second-order valence-electron chi connectivity index (χ2n) is 6.44. The van der Waals surface area contributed by atoms with Crippen LogP contribution in [0.3, 0.4) is 0 Å². The minimum Gasteiger partial charge on any atom is -0.308 e. The van der Waals surface area contributed by atoms with Gasteiger partial charge >= 0.3 is 0 Å². The van der Waals surface area contributed by atoms with Gasteiger partial charge in [0, 0.05) is 24.3 Å². The van der Waals surface area contributed by atoms with E-state index in [4.69, 9.17) is 0 Å². The number of anilines is 2. The van der Waals surface area contributed by atoms with Crippen molar-refractivity contribution in [2.75, 3.05) is 28.0 Å². The normalized spacial score (nSPS) is 15.8. The molecule has 26 heavy (non-hydrogen) atoms. The van der Waals surface area contributed by atoms with Gasteiger partial charge in [0.05, 0.1) is 11.4 Å². The maximum absolute atomic E-state index is 13.1. The molecule has 2 aromatic carbocycles. The lowest BCUT2D eigenvalue weighted by Crippen LogP contribution is -2.32. The predicted molar refractivity (Wildman–Crippen MR) is 105 cm³/mol. The quantitative estimate of drug-likeness (QED) is 0.777. The van der Waals surface area contributed by atoms with Crippen molar-refractivity contribution >= 4 is 27.3 Å². The van der Waals surface area contributed by atoms with Crippen molar-refractivity contribution in [3.8, 4) is 0 Å². The van der Waals surface area contributed by atoms with E-state index in [-0.39, 0.29) is 11.7 Å². The van der Waals surface area contributed by atoms with Crippen LogP contribution in [0.4, 0.5) is 11.4 Å². The molecule has 0 aliphatic carbocycles. The fourth-order valence-corrected chi connectivity index (χ4v) is 4.71. The number of benzene rings is 2. The van der Waals surface area contributed by atoms with Crippen LogP contribution >= 0.6 is 0 Å². The molecule has 3 rings (SSSR count).